The minimum Gasteiger partial charge on any atom is -0.259 e. The first-order valence-electron chi connectivity index (χ1n) is 4.27. The number of rotatable bonds is 1. The highest BCUT2D eigenvalue weighted by Gasteiger charge is 2.20. The first kappa shape index (κ1) is 8.61. The third-order valence-electron chi connectivity index (χ3n) is 2.51. The van der Waals surface area contributed by atoms with Gasteiger partial charge in [0.1, 0.15) is 0 Å². The molecule has 3 heteroatoms. The summed E-state index contributed by atoms with van der Waals surface area (Å²) in [4.78, 5) is 0. The molecule has 1 unspecified atom stereocenters. The Bertz CT molecular complexity index is 368. The Morgan fingerprint density at radius 3 is 3.08 bits per heavy atom. The van der Waals surface area contributed by atoms with Crippen LogP contribution in [-0.2, 0) is 6.42 Å². The van der Waals surface area contributed by atoms with Gasteiger partial charge in [0.2, 0.25) is 0 Å². The van der Waals surface area contributed by atoms with Gasteiger partial charge in [-0.05, 0) is 36.1 Å². The summed E-state index contributed by atoms with van der Waals surface area (Å²) in [5.41, 5.74) is 3.32. The van der Waals surface area contributed by atoms with Gasteiger partial charge in [0, 0.05) is 6.04 Å². The number of nitrogens with one attached hydrogen (secondary N) is 1. The van der Waals surface area contributed by atoms with Crippen LogP contribution < -0.4 is 4.72 Å². The molecule has 0 bridgehead atoms. The highest BCUT2D eigenvalue weighted by Crippen LogP contribution is 2.31. The molecule has 0 amide bonds. The van der Waals surface area contributed by atoms with Crippen molar-refractivity contribution in [3.8, 4) is 6.07 Å². The summed E-state index contributed by atoms with van der Waals surface area (Å²) < 4.78 is 2.97. The van der Waals surface area contributed by atoms with Gasteiger partial charge in [-0.2, -0.15) is 5.26 Å². The van der Waals surface area contributed by atoms with Crippen molar-refractivity contribution >= 4 is 12.8 Å². The average Bonchev–Trinajstić information content (AvgIpc) is 2.59. The van der Waals surface area contributed by atoms with Crippen LogP contribution in [0.3, 0.4) is 0 Å². The van der Waals surface area contributed by atoms with Crippen LogP contribution in [-0.4, -0.2) is 0 Å². The number of nitriles is 1. The Kier molecular flexibility index (Phi) is 2.26. The normalized spacial score (nSPS) is 19.5. The summed E-state index contributed by atoms with van der Waals surface area (Å²) in [5.74, 6) is 0. The molecule has 0 heterocycles. The van der Waals surface area contributed by atoms with Gasteiger partial charge in [-0.15, -0.1) is 0 Å². The van der Waals surface area contributed by atoms with Gasteiger partial charge in [-0.25, -0.2) is 0 Å². The zero-order valence-electron chi connectivity index (χ0n) is 7.12. The molecule has 0 saturated carbocycles. The molecule has 0 fully saturated rings. The van der Waals surface area contributed by atoms with Gasteiger partial charge in [-0.1, -0.05) is 18.9 Å². The van der Waals surface area contributed by atoms with E-state index in [0.29, 0.717) is 6.04 Å². The van der Waals surface area contributed by atoms with Crippen LogP contribution in [0.15, 0.2) is 18.2 Å². The Morgan fingerprint density at radius 2 is 2.38 bits per heavy atom. The van der Waals surface area contributed by atoms with Crippen molar-refractivity contribution in [1.29, 1.82) is 5.26 Å². The minimum absolute atomic E-state index is 0.353. The second-order valence-electron chi connectivity index (χ2n) is 3.25. The summed E-state index contributed by atoms with van der Waals surface area (Å²) in [6, 6.07) is 8.36. The minimum atomic E-state index is 0.353. The number of nitrogens with zero attached hydrogens (tertiary/aromatic N) is 1. The fourth-order valence-corrected chi connectivity index (χ4v) is 2.09. The lowest BCUT2D eigenvalue weighted by Gasteiger charge is -2.08. The first-order chi connectivity index (χ1) is 6.35. The summed E-state index contributed by atoms with van der Waals surface area (Å²) in [6.07, 6.45) is 2.12. The van der Waals surface area contributed by atoms with Crippen LogP contribution >= 0.6 is 12.8 Å². The van der Waals surface area contributed by atoms with Crippen molar-refractivity contribution in [1.82, 2.24) is 4.72 Å². The summed E-state index contributed by atoms with van der Waals surface area (Å²) >= 11 is 4.07. The zero-order valence-corrected chi connectivity index (χ0v) is 8.01. The van der Waals surface area contributed by atoms with E-state index in [4.69, 9.17) is 5.26 Å². The number of hydrogen-bond donors (Lipinski definition) is 2. The molecule has 0 aliphatic heterocycles. The molecule has 13 heavy (non-hydrogen) atoms. The SMILES string of the molecule is N#Cc1ccc2c(c1)CCC2NS. The van der Waals surface area contributed by atoms with Gasteiger partial charge in [0.05, 0.1) is 11.6 Å². The molecule has 1 aromatic carbocycles. The van der Waals surface area contributed by atoms with E-state index in [1.54, 1.807) is 0 Å². The molecule has 2 nitrogen and oxygen atoms in total. The van der Waals surface area contributed by atoms with Crippen molar-refractivity contribution in [3.63, 3.8) is 0 Å². The quantitative estimate of drug-likeness (QED) is 0.664. The summed E-state index contributed by atoms with van der Waals surface area (Å²) in [6.45, 7) is 0. The fourth-order valence-electron chi connectivity index (χ4n) is 1.82. The van der Waals surface area contributed by atoms with E-state index in [0.717, 1.165) is 18.4 Å². The number of aryl methyl sites for hydroxylation is 1. The second-order valence-corrected chi connectivity index (χ2v) is 3.50. The molecule has 1 aliphatic rings. The monoisotopic (exact) mass is 190 g/mol. The first-order valence-corrected chi connectivity index (χ1v) is 4.72. The fraction of sp³-hybridized carbons (Fsp3) is 0.300. The van der Waals surface area contributed by atoms with Crippen LogP contribution in [0.4, 0.5) is 0 Å². The Morgan fingerprint density at radius 1 is 1.54 bits per heavy atom. The predicted octanol–water partition coefficient (Wildman–Crippen LogP) is 1.98. The number of benzene rings is 1. The van der Waals surface area contributed by atoms with Crippen molar-refractivity contribution in [2.45, 2.75) is 18.9 Å². The maximum absolute atomic E-state index is 8.71. The van der Waals surface area contributed by atoms with Crippen molar-refractivity contribution in [2.75, 3.05) is 0 Å². The molecule has 0 radical (unpaired) electrons. The van der Waals surface area contributed by atoms with Crippen LogP contribution in [0.1, 0.15) is 29.2 Å². The lowest BCUT2D eigenvalue weighted by atomic mass is 10.1. The van der Waals surface area contributed by atoms with E-state index < -0.39 is 0 Å². The lowest BCUT2D eigenvalue weighted by molar-refractivity contribution is 0.670. The largest absolute Gasteiger partial charge is 0.259 e. The molecular weight excluding hydrogens is 180 g/mol. The van der Waals surface area contributed by atoms with E-state index in [1.807, 2.05) is 18.2 Å². The second kappa shape index (κ2) is 3.41. The Hall–Kier alpha value is -0.980. The molecule has 66 valence electrons. The highest BCUT2D eigenvalue weighted by atomic mass is 32.1. The highest BCUT2D eigenvalue weighted by molar-refractivity contribution is 7.78. The predicted molar refractivity (Wildman–Crippen MR) is 54.3 cm³/mol. The maximum Gasteiger partial charge on any atom is 0.0991 e. The van der Waals surface area contributed by atoms with Gasteiger partial charge < -0.3 is 0 Å². The van der Waals surface area contributed by atoms with Crippen molar-refractivity contribution in [3.05, 3.63) is 34.9 Å². The van der Waals surface area contributed by atoms with Crippen LogP contribution in [0.25, 0.3) is 0 Å². The van der Waals surface area contributed by atoms with Gasteiger partial charge in [0.25, 0.3) is 0 Å². The number of fused-ring (bicyclic) bond motifs is 1. The Balaban J connectivity index is 2.41. The van der Waals surface area contributed by atoms with Crippen LogP contribution in [0.2, 0.25) is 0 Å². The molecule has 2 rings (SSSR count). The van der Waals surface area contributed by atoms with Crippen LogP contribution in [0.5, 0.6) is 0 Å². The van der Waals surface area contributed by atoms with Crippen LogP contribution in [0, 0.1) is 11.3 Å². The number of thiol groups is 1. The van der Waals surface area contributed by atoms with E-state index in [-0.39, 0.29) is 0 Å². The smallest absolute Gasteiger partial charge is 0.0991 e. The summed E-state index contributed by atoms with van der Waals surface area (Å²) in [5, 5.41) is 8.71. The average molecular weight is 190 g/mol. The van der Waals surface area contributed by atoms with E-state index in [9.17, 15) is 0 Å². The number of hydrogen-bond acceptors (Lipinski definition) is 3. The topological polar surface area (TPSA) is 35.8 Å². The molecular formula is C10H10N2S. The molecule has 1 aromatic rings. The van der Waals surface area contributed by atoms with E-state index in [1.165, 1.54) is 11.1 Å². The molecule has 0 aromatic heterocycles. The molecule has 1 aliphatic carbocycles. The third kappa shape index (κ3) is 1.43. The molecule has 0 saturated heterocycles. The zero-order chi connectivity index (χ0) is 9.26. The molecule has 1 N–H and O–H groups in total. The van der Waals surface area contributed by atoms with Gasteiger partial charge >= 0.3 is 0 Å². The van der Waals surface area contributed by atoms with Gasteiger partial charge in [-0.3, -0.25) is 4.72 Å². The third-order valence-corrected chi connectivity index (χ3v) is 2.82. The molecule has 1 atom stereocenters. The van der Waals surface area contributed by atoms with Gasteiger partial charge in [0.15, 0.2) is 0 Å². The van der Waals surface area contributed by atoms with E-state index >= 15 is 0 Å². The maximum atomic E-state index is 8.71. The van der Waals surface area contributed by atoms with E-state index in [2.05, 4.69) is 23.6 Å². The van der Waals surface area contributed by atoms with Crippen molar-refractivity contribution < 1.29 is 0 Å². The summed E-state index contributed by atoms with van der Waals surface area (Å²) in [7, 11) is 0. The lowest BCUT2D eigenvalue weighted by Crippen LogP contribution is -2.06. The van der Waals surface area contributed by atoms with Crippen molar-refractivity contribution in [2.24, 2.45) is 0 Å². The molecule has 0 spiro atoms. The standard InChI is InChI=1S/C10H10N2S/c11-6-7-1-3-9-8(5-7)2-4-10(9)12-13/h1,3,5,10,12-13H,2,4H2. The Labute approximate surface area is 83.1 Å².